The van der Waals surface area contributed by atoms with Gasteiger partial charge in [-0.1, -0.05) is 0 Å². The molecule has 0 atom stereocenters. The normalized spacial score (nSPS) is 18.3. The van der Waals surface area contributed by atoms with Gasteiger partial charge in [0.15, 0.2) is 5.79 Å². The van der Waals surface area contributed by atoms with E-state index < -0.39 is 5.79 Å². The molecule has 2 N–H and O–H groups in total. The first-order chi connectivity index (χ1) is 8.22. The molecular weight excluding hydrogens is 286 g/mol. The van der Waals surface area contributed by atoms with Gasteiger partial charge in [0.1, 0.15) is 5.75 Å². The SMILES string of the molecule is COc1ccc(C2(CCN)OCCO2)cc1Br. The summed E-state index contributed by atoms with van der Waals surface area (Å²) in [5.74, 6) is 0.0958. The van der Waals surface area contributed by atoms with Crippen molar-refractivity contribution >= 4 is 15.9 Å². The van der Waals surface area contributed by atoms with Crippen LogP contribution < -0.4 is 10.5 Å². The van der Waals surface area contributed by atoms with Crippen molar-refractivity contribution in [1.29, 1.82) is 0 Å². The molecule has 1 aliphatic rings. The van der Waals surface area contributed by atoms with E-state index in [1.807, 2.05) is 18.2 Å². The molecule has 1 aliphatic heterocycles. The zero-order valence-corrected chi connectivity index (χ0v) is 11.3. The highest BCUT2D eigenvalue weighted by Crippen LogP contribution is 2.37. The van der Waals surface area contributed by atoms with Crippen LogP contribution in [-0.4, -0.2) is 26.9 Å². The lowest BCUT2D eigenvalue weighted by atomic mass is 10.0. The fourth-order valence-corrected chi connectivity index (χ4v) is 2.54. The Bertz CT molecular complexity index is 391. The van der Waals surface area contributed by atoms with Crippen LogP contribution in [0.15, 0.2) is 22.7 Å². The molecule has 0 aliphatic carbocycles. The maximum absolute atomic E-state index is 5.73. The Kier molecular flexibility index (Phi) is 4.04. The lowest BCUT2D eigenvalue weighted by Gasteiger charge is -2.27. The minimum absolute atomic E-state index is 0.518. The van der Waals surface area contributed by atoms with E-state index in [1.54, 1.807) is 7.11 Å². The van der Waals surface area contributed by atoms with Gasteiger partial charge in [-0.25, -0.2) is 0 Å². The molecule has 0 amide bonds. The Hall–Kier alpha value is -0.620. The molecule has 1 aromatic rings. The van der Waals surface area contributed by atoms with Gasteiger partial charge in [0.05, 0.1) is 24.8 Å². The average Bonchev–Trinajstić information content (AvgIpc) is 2.79. The van der Waals surface area contributed by atoms with Crippen LogP contribution in [0.4, 0.5) is 0 Å². The maximum atomic E-state index is 5.73. The number of benzene rings is 1. The van der Waals surface area contributed by atoms with E-state index in [1.165, 1.54) is 0 Å². The summed E-state index contributed by atoms with van der Waals surface area (Å²) < 4.78 is 17.5. The molecule has 0 bridgehead atoms. The predicted octanol–water partition coefficient (Wildman–Crippen LogP) is 2.01. The number of ether oxygens (including phenoxy) is 3. The van der Waals surface area contributed by atoms with E-state index in [4.69, 9.17) is 19.9 Å². The molecule has 0 spiro atoms. The van der Waals surface area contributed by atoms with Gasteiger partial charge in [-0.05, 0) is 40.7 Å². The van der Waals surface area contributed by atoms with Gasteiger partial charge < -0.3 is 19.9 Å². The second kappa shape index (κ2) is 5.35. The molecule has 1 aromatic carbocycles. The molecule has 0 unspecified atom stereocenters. The number of methoxy groups -OCH3 is 1. The third-order valence-electron chi connectivity index (χ3n) is 2.82. The molecule has 0 radical (unpaired) electrons. The zero-order valence-electron chi connectivity index (χ0n) is 9.74. The fraction of sp³-hybridized carbons (Fsp3) is 0.500. The van der Waals surface area contributed by atoms with E-state index in [0.717, 1.165) is 15.8 Å². The van der Waals surface area contributed by atoms with E-state index in [2.05, 4.69) is 15.9 Å². The summed E-state index contributed by atoms with van der Waals surface area (Å²) in [4.78, 5) is 0. The molecule has 94 valence electrons. The lowest BCUT2D eigenvalue weighted by Crippen LogP contribution is -2.30. The maximum Gasteiger partial charge on any atom is 0.196 e. The van der Waals surface area contributed by atoms with Crippen molar-refractivity contribution < 1.29 is 14.2 Å². The Labute approximate surface area is 109 Å². The summed E-state index contributed by atoms with van der Waals surface area (Å²) in [5, 5.41) is 0. The predicted molar refractivity (Wildman–Crippen MR) is 67.9 cm³/mol. The van der Waals surface area contributed by atoms with E-state index in [9.17, 15) is 0 Å². The van der Waals surface area contributed by atoms with Crippen LogP contribution in [0.1, 0.15) is 12.0 Å². The average molecular weight is 302 g/mol. The van der Waals surface area contributed by atoms with E-state index in [0.29, 0.717) is 26.2 Å². The minimum atomic E-state index is -0.691. The van der Waals surface area contributed by atoms with Crippen LogP contribution in [0, 0.1) is 0 Å². The Morgan fingerprint density at radius 3 is 2.65 bits per heavy atom. The van der Waals surface area contributed by atoms with Gasteiger partial charge in [-0.2, -0.15) is 0 Å². The number of rotatable bonds is 4. The van der Waals surface area contributed by atoms with Gasteiger partial charge in [0.2, 0.25) is 0 Å². The summed E-state index contributed by atoms with van der Waals surface area (Å²) in [6.07, 6.45) is 0.645. The van der Waals surface area contributed by atoms with Crippen LogP contribution in [-0.2, 0) is 15.3 Å². The second-order valence-corrected chi connectivity index (χ2v) is 4.69. The topological polar surface area (TPSA) is 53.7 Å². The van der Waals surface area contributed by atoms with Crippen LogP contribution >= 0.6 is 15.9 Å². The van der Waals surface area contributed by atoms with Gasteiger partial charge in [-0.15, -0.1) is 0 Å². The van der Waals surface area contributed by atoms with Crippen molar-refractivity contribution in [1.82, 2.24) is 0 Å². The van der Waals surface area contributed by atoms with E-state index in [-0.39, 0.29) is 0 Å². The lowest BCUT2D eigenvalue weighted by molar-refractivity contribution is -0.168. The molecule has 4 nitrogen and oxygen atoms in total. The van der Waals surface area contributed by atoms with Crippen LogP contribution in [0.3, 0.4) is 0 Å². The smallest absolute Gasteiger partial charge is 0.196 e. The third-order valence-corrected chi connectivity index (χ3v) is 3.44. The van der Waals surface area contributed by atoms with Crippen molar-refractivity contribution in [3.05, 3.63) is 28.2 Å². The van der Waals surface area contributed by atoms with Gasteiger partial charge in [-0.3, -0.25) is 0 Å². The molecule has 0 saturated carbocycles. The van der Waals surface area contributed by atoms with Gasteiger partial charge >= 0.3 is 0 Å². The summed E-state index contributed by atoms with van der Waals surface area (Å²) >= 11 is 3.46. The van der Waals surface area contributed by atoms with Crippen LogP contribution in [0.25, 0.3) is 0 Å². The second-order valence-electron chi connectivity index (χ2n) is 3.84. The van der Waals surface area contributed by atoms with Crippen molar-refractivity contribution in [3.63, 3.8) is 0 Å². The van der Waals surface area contributed by atoms with Crippen molar-refractivity contribution in [2.24, 2.45) is 5.73 Å². The molecule has 1 heterocycles. The van der Waals surface area contributed by atoms with E-state index >= 15 is 0 Å². The first kappa shape index (κ1) is 12.8. The first-order valence-corrected chi connectivity index (χ1v) is 6.33. The van der Waals surface area contributed by atoms with Crippen molar-refractivity contribution in [3.8, 4) is 5.75 Å². The molecular formula is C12H16BrNO3. The highest BCUT2D eigenvalue weighted by Gasteiger charge is 2.38. The summed E-state index contributed by atoms with van der Waals surface area (Å²) in [6.45, 7) is 1.72. The molecule has 1 saturated heterocycles. The number of hydrogen-bond donors (Lipinski definition) is 1. The molecule has 1 fully saturated rings. The quantitative estimate of drug-likeness (QED) is 0.924. The summed E-state index contributed by atoms with van der Waals surface area (Å²) in [7, 11) is 1.64. The third kappa shape index (κ3) is 2.47. The minimum Gasteiger partial charge on any atom is -0.496 e. The highest BCUT2D eigenvalue weighted by molar-refractivity contribution is 9.10. The molecule has 5 heteroatoms. The summed E-state index contributed by atoms with van der Waals surface area (Å²) in [6, 6.07) is 5.80. The van der Waals surface area contributed by atoms with Gasteiger partial charge in [0, 0.05) is 12.0 Å². The van der Waals surface area contributed by atoms with Crippen LogP contribution in [0.2, 0.25) is 0 Å². The van der Waals surface area contributed by atoms with Crippen molar-refractivity contribution in [2.75, 3.05) is 26.9 Å². The summed E-state index contributed by atoms with van der Waals surface area (Å²) in [5.41, 5.74) is 6.59. The fourth-order valence-electron chi connectivity index (χ4n) is 2.00. The Morgan fingerprint density at radius 1 is 1.41 bits per heavy atom. The Balaban J connectivity index is 2.33. The standard InChI is InChI=1S/C12H16BrNO3/c1-15-11-3-2-9(8-10(11)13)12(4-5-14)16-6-7-17-12/h2-3,8H,4-7,14H2,1H3. The van der Waals surface area contributed by atoms with Crippen LogP contribution in [0.5, 0.6) is 5.75 Å². The zero-order chi connectivity index (χ0) is 12.3. The number of nitrogens with two attached hydrogens (primary N) is 1. The van der Waals surface area contributed by atoms with Gasteiger partial charge in [0.25, 0.3) is 0 Å². The largest absolute Gasteiger partial charge is 0.496 e. The van der Waals surface area contributed by atoms with Crippen molar-refractivity contribution in [2.45, 2.75) is 12.2 Å². The number of halogens is 1. The molecule has 2 rings (SSSR count). The first-order valence-electron chi connectivity index (χ1n) is 5.54. The highest BCUT2D eigenvalue weighted by atomic mass is 79.9. The molecule has 17 heavy (non-hydrogen) atoms. The monoisotopic (exact) mass is 301 g/mol. The number of hydrogen-bond acceptors (Lipinski definition) is 4. The Morgan fingerprint density at radius 2 is 2.12 bits per heavy atom. The molecule has 0 aromatic heterocycles.